The Morgan fingerprint density at radius 2 is 2.29 bits per heavy atom. The summed E-state index contributed by atoms with van der Waals surface area (Å²) in [6.07, 6.45) is 2.00. The molecule has 0 aliphatic rings. The second kappa shape index (κ2) is 4.30. The number of fused-ring (bicyclic) bond motifs is 1. The van der Waals surface area contributed by atoms with Crippen LogP contribution in [0.3, 0.4) is 0 Å². The number of nitriles is 1. The minimum Gasteiger partial charge on any atom is -0.497 e. The summed E-state index contributed by atoms with van der Waals surface area (Å²) in [7, 11) is 1.59. The van der Waals surface area contributed by atoms with Gasteiger partial charge in [0.1, 0.15) is 5.75 Å². The van der Waals surface area contributed by atoms with Crippen molar-refractivity contribution in [3.63, 3.8) is 0 Å². The van der Waals surface area contributed by atoms with Gasteiger partial charge in [-0.3, -0.25) is 9.36 Å². The van der Waals surface area contributed by atoms with Gasteiger partial charge >= 0.3 is 0 Å². The van der Waals surface area contributed by atoms with E-state index in [0.717, 1.165) is 22.2 Å². The highest BCUT2D eigenvalue weighted by atomic mass is 16.5. The molecule has 0 fully saturated rings. The molecule has 17 heavy (non-hydrogen) atoms. The van der Waals surface area contributed by atoms with Gasteiger partial charge in [-0.2, -0.15) is 5.26 Å². The Morgan fingerprint density at radius 1 is 1.53 bits per heavy atom. The first kappa shape index (κ1) is 11.2. The van der Waals surface area contributed by atoms with Crippen LogP contribution >= 0.6 is 0 Å². The van der Waals surface area contributed by atoms with E-state index in [1.807, 2.05) is 12.1 Å². The van der Waals surface area contributed by atoms with Crippen molar-refractivity contribution in [2.45, 2.75) is 13.3 Å². The first-order chi connectivity index (χ1) is 8.17. The Balaban J connectivity index is 2.72. The zero-order chi connectivity index (χ0) is 12.4. The lowest BCUT2D eigenvalue weighted by Crippen LogP contribution is -2.02. The number of hydrogen-bond acceptors (Lipinski definition) is 3. The molecule has 1 aromatic carbocycles. The Labute approximate surface area is 99.0 Å². The van der Waals surface area contributed by atoms with Gasteiger partial charge in [-0.05, 0) is 23.8 Å². The molecule has 1 aromatic heterocycles. The highest BCUT2D eigenvalue weighted by Gasteiger charge is 2.11. The largest absolute Gasteiger partial charge is 0.497 e. The topological polar surface area (TPSA) is 55.0 Å². The van der Waals surface area contributed by atoms with Crippen molar-refractivity contribution in [1.82, 2.24) is 4.57 Å². The molecule has 0 aliphatic heterocycles. The fourth-order valence-corrected chi connectivity index (χ4v) is 1.89. The number of benzene rings is 1. The number of nitrogens with zero attached hydrogens (tertiary/aromatic N) is 2. The molecular formula is C13H12N2O2. The average Bonchev–Trinajstić information content (AvgIpc) is 2.68. The number of carbonyl (C=O) groups excluding carboxylic acids is 1. The molecule has 0 radical (unpaired) electrons. The molecule has 0 unspecified atom stereocenters. The maximum absolute atomic E-state index is 11.5. The third-order valence-corrected chi connectivity index (χ3v) is 2.70. The molecule has 4 heteroatoms. The van der Waals surface area contributed by atoms with Crippen molar-refractivity contribution in [3.05, 3.63) is 30.0 Å². The van der Waals surface area contributed by atoms with Crippen LogP contribution in [0.25, 0.3) is 10.9 Å². The lowest BCUT2D eigenvalue weighted by atomic mass is 10.1. The van der Waals surface area contributed by atoms with Gasteiger partial charge in [0.15, 0.2) is 0 Å². The highest BCUT2D eigenvalue weighted by Crippen LogP contribution is 2.26. The van der Waals surface area contributed by atoms with Gasteiger partial charge in [-0.15, -0.1) is 0 Å². The smallest absolute Gasteiger partial charge is 0.227 e. The fraction of sp³-hybridized carbons (Fsp3) is 0.231. The van der Waals surface area contributed by atoms with Gasteiger partial charge in [-0.1, -0.05) is 0 Å². The molecular weight excluding hydrogens is 216 g/mol. The van der Waals surface area contributed by atoms with Crippen LogP contribution in [0.5, 0.6) is 5.75 Å². The third-order valence-electron chi connectivity index (χ3n) is 2.70. The number of aromatic nitrogens is 1. The van der Waals surface area contributed by atoms with Gasteiger partial charge in [-0.25, -0.2) is 0 Å². The summed E-state index contributed by atoms with van der Waals surface area (Å²) in [4.78, 5) is 11.5. The van der Waals surface area contributed by atoms with E-state index in [2.05, 4.69) is 6.07 Å². The summed E-state index contributed by atoms with van der Waals surface area (Å²) >= 11 is 0. The van der Waals surface area contributed by atoms with E-state index in [0.29, 0.717) is 0 Å². The van der Waals surface area contributed by atoms with Crippen LogP contribution in [0.15, 0.2) is 24.4 Å². The maximum atomic E-state index is 11.5. The van der Waals surface area contributed by atoms with E-state index in [1.165, 1.54) is 6.92 Å². The quantitative estimate of drug-likeness (QED) is 0.792. The zero-order valence-electron chi connectivity index (χ0n) is 9.73. The van der Waals surface area contributed by atoms with Crippen molar-refractivity contribution in [3.8, 4) is 11.8 Å². The molecule has 1 heterocycles. The Kier molecular flexibility index (Phi) is 2.84. The van der Waals surface area contributed by atoms with Crippen LogP contribution < -0.4 is 4.74 Å². The molecule has 0 spiro atoms. The number of methoxy groups -OCH3 is 1. The molecule has 4 nitrogen and oxygen atoms in total. The van der Waals surface area contributed by atoms with E-state index in [9.17, 15) is 4.79 Å². The van der Waals surface area contributed by atoms with E-state index in [1.54, 1.807) is 23.9 Å². The van der Waals surface area contributed by atoms with Gasteiger partial charge in [0, 0.05) is 18.5 Å². The summed E-state index contributed by atoms with van der Waals surface area (Å²) in [6, 6.07) is 7.58. The van der Waals surface area contributed by atoms with Crippen molar-refractivity contribution in [2.75, 3.05) is 7.11 Å². The fourth-order valence-electron chi connectivity index (χ4n) is 1.89. The molecule has 86 valence electrons. The molecule has 0 saturated heterocycles. The summed E-state index contributed by atoms with van der Waals surface area (Å²) in [5.41, 5.74) is 1.65. The van der Waals surface area contributed by atoms with Crippen molar-refractivity contribution < 1.29 is 9.53 Å². The zero-order valence-corrected chi connectivity index (χ0v) is 9.73. The van der Waals surface area contributed by atoms with E-state index in [-0.39, 0.29) is 12.3 Å². The molecule has 0 N–H and O–H groups in total. The van der Waals surface area contributed by atoms with Crippen LogP contribution in [-0.2, 0) is 6.42 Å². The molecule has 0 atom stereocenters. The Hall–Kier alpha value is -2.28. The molecule has 0 aliphatic carbocycles. The SMILES string of the molecule is COc1ccc2c(c1)c(CC#N)cn2C(C)=O. The predicted molar refractivity (Wildman–Crippen MR) is 64.1 cm³/mol. The van der Waals surface area contributed by atoms with Crippen LogP contribution in [-0.4, -0.2) is 17.6 Å². The lowest BCUT2D eigenvalue weighted by molar-refractivity contribution is 0.0941. The minimum atomic E-state index is -0.0654. The van der Waals surface area contributed by atoms with E-state index >= 15 is 0 Å². The summed E-state index contributed by atoms with van der Waals surface area (Å²) < 4.78 is 6.71. The van der Waals surface area contributed by atoms with Crippen molar-refractivity contribution >= 4 is 16.8 Å². The standard InChI is InChI=1S/C13H12N2O2/c1-9(16)15-8-10(5-6-14)12-7-11(17-2)3-4-13(12)15/h3-4,7-8H,5H2,1-2H3. The monoisotopic (exact) mass is 228 g/mol. The first-order valence-corrected chi connectivity index (χ1v) is 5.23. The van der Waals surface area contributed by atoms with Gasteiger partial charge < -0.3 is 4.74 Å². The van der Waals surface area contributed by atoms with E-state index < -0.39 is 0 Å². The first-order valence-electron chi connectivity index (χ1n) is 5.23. The predicted octanol–water partition coefficient (Wildman–Crippen LogP) is 2.38. The van der Waals surface area contributed by atoms with Gasteiger partial charge in [0.25, 0.3) is 0 Å². The van der Waals surface area contributed by atoms with Crippen molar-refractivity contribution in [2.24, 2.45) is 0 Å². The number of ether oxygens (including phenoxy) is 1. The molecule has 0 amide bonds. The van der Waals surface area contributed by atoms with Crippen molar-refractivity contribution in [1.29, 1.82) is 5.26 Å². The average molecular weight is 228 g/mol. The molecule has 0 saturated carbocycles. The second-order valence-corrected chi connectivity index (χ2v) is 3.76. The highest BCUT2D eigenvalue weighted by molar-refractivity contribution is 5.94. The Morgan fingerprint density at radius 3 is 2.88 bits per heavy atom. The summed E-state index contributed by atoms with van der Waals surface area (Å²) in [5, 5.41) is 9.67. The number of carbonyl (C=O) groups is 1. The Bertz CT molecular complexity index is 620. The molecule has 2 aromatic rings. The van der Waals surface area contributed by atoms with Gasteiger partial charge in [0.2, 0.25) is 5.91 Å². The molecule has 0 bridgehead atoms. The number of rotatable bonds is 2. The molecule has 2 rings (SSSR count). The normalized spacial score (nSPS) is 10.2. The second-order valence-electron chi connectivity index (χ2n) is 3.76. The third kappa shape index (κ3) is 1.87. The van der Waals surface area contributed by atoms with Crippen LogP contribution in [0.4, 0.5) is 0 Å². The minimum absolute atomic E-state index is 0.0654. The van der Waals surface area contributed by atoms with Crippen LogP contribution in [0.2, 0.25) is 0 Å². The van der Waals surface area contributed by atoms with E-state index in [4.69, 9.17) is 10.00 Å². The number of hydrogen-bond donors (Lipinski definition) is 0. The summed E-state index contributed by atoms with van der Waals surface area (Å²) in [6.45, 7) is 1.50. The van der Waals surface area contributed by atoms with Gasteiger partial charge in [0.05, 0.1) is 25.1 Å². The maximum Gasteiger partial charge on any atom is 0.227 e. The van der Waals surface area contributed by atoms with Crippen LogP contribution in [0.1, 0.15) is 17.3 Å². The van der Waals surface area contributed by atoms with Crippen LogP contribution in [0, 0.1) is 11.3 Å². The summed E-state index contributed by atoms with van der Waals surface area (Å²) in [5.74, 6) is 0.655. The lowest BCUT2D eigenvalue weighted by Gasteiger charge is -2.01.